The van der Waals surface area contributed by atoms with Gasteiger partial charge in [0.1, 0.15) is 5.75 Å². The van der Waals surface area contributed by atoms with Crippen LogP contribution in [-0.4, -0.2) is 24.5 Å². The van der Waals surface area contributed by atoms with Crippen molar-refractivity contribution in [2.45, 2.75) is 44.9 Å². The number of ether oxygens (including phenoxy) is 1. The smallest absolute Gasteiger partial charge is 0.220 e. The van der Waals surface area contributed by atoms with Crippen LogP contribution >= 0.6 is 11.3 Å². The standard InChI is InChI=1S/C19H24N2O2S/c1-13-12-24-19(21-13)8-9-20-18(22)11-15-5-3-4-14-10-16(23-2)6-7-17(14)15/h6-7,10,12,15H,3-5,8-9,11H2,1-2H3,(H,20,22)/t15-/m0/s1. The van der Waals surface area contributed by atoms with Gasteiger partial charge in [0.05, 0.1) is 12.1 Å². The maximum absolute atomic E-state index is 12.3. The minimum Gasteiger partial charge on any atom is -0.497 e. The second-order valence-corrected chi connectivity index (χ2v) is 7.28. The van der Waals surface area contributed by atoms with Crippen LogP contribution in [0.2, 0.25) is 0 Å². The number of hydrogen-bond donors (Lipinski definition) is 1. The topological polar surface area (TPSA) is 51.2 Å². The van der Waals surface area contributed by atoms with Gasteiger partial charge in [0.2, 0.25) is 5.91 Å². The number of rotatable bonds is 6. The molecular formula is C19H24N2O2S. The molecule has 0 aliphatic heterocycles. The van der Waals surface area contributed by atoms with Crippen LogP contribution in [0, 0.1) is 6.92 Å². The van der Waals surface area contributed by atoms with Crippen molar-refractivity contribution in [2.75, 3.05) is 13.7 Å². The Kier molecular flexibility index (Phi) is 5.51. The Morgan fingerprint density at radius 1 is 1.46 bits per heavy atom. The van der Waals surface area contributed by atoms with Crippen molar-refractivity contribution in [1.29, 1.82) is 0 Å². The number of carbonyl (C=O) groups is 1. The Labute approximate surface area is 147 Å². The summed E-state index contributed by atoms with van der Waals surface area (Å²) in [5.41, 5.74) is 3.69. The van der Waals surface area contributed by atoms with E-state index in [1.165, 1.54) is 11.1 Å². The third kappa shape index (κ3) is 4.15. The average Bonchev–Trinajstić information content (AvgIpc) is 3.00. The number of thiazole rings is 1. The average molecular weight is 344 g/mol. The number of carbonyl (C=O) groups excluding carboxylic acids is 1. The van der Waals surface area contributed by atoms with E-state index in [0.717, 1.165) is 42.1 Å². The van der Waals surface area contributed by atoms with Crippen molar-refractivity contribution in [3.05, 3.63) is 45.4 Å². The molecule has 0 unspecified atom stereocenters. The van der Waals surface area contributed by atoms with E-state index in [1.54, 1.807) is 18.4 Å². The number of nitrogens with one attached hydrogen (secondary N) is 1. The van der Waals surface area contributed by atoms with Crippen molar-refractivity contribution in [3.63, 3.8) is 0 Å². The molecule has 128 valence electrons. The molecule has 5 heteroatoms. The van der Waals surface area contributed by atoms with E-state index in [2.05, 4.69) is 22.4 Å². The van der Waals surface area contributed by atoms with E-state index < -0.39 is 0 Å². The first-order chi connectivity index (χ1) is 11.7. The third-order valence-corrected chi connectivity index (χ3v) is 5.57. The minimum atomic E-state index is 0.136. The van der Waals surface area contributed by atoms with Crippen LogP contribution in [0.1, 0.15) is 47.0 Å². The second-order valence-electron chi connectivity index (χ2n) is 6.34. The number of hydrogen-bond acceptors (Lipinski definition) is 4. The molecule has 1 atom stereocenters. The first kappa shape index (κ1) is 17.0. The van der Waals surface area contributed by atoms with Gasteiger partial charge in [-0.2, -0.15) is 0 Å². The fraction of sp³-hybridized carbons (Fsp3) is 0.474. The number of aryl methyl sites for hydroxylation is 2. The first-order valence-corrected chi connectivity index (χ1v) is 9.38. The van der Waals surface area contributed by atoms with Crippen LogP contribution in [0.4, 0.5) is 0 Å². The highest BCUT2D eigenvalue weighted by atomic mass is 32.1. The van der Waals surface area contributed by atoms with Gasteiger partial charge in [-0.15, -0.1) is 11.3 Å². The van der Waals surface area contributed by atoms with Crippen LogP contribution in [0.5, 0.6) is 5.75 Å². The summed E-state index contributed by atoms with van der Waals surface area (Å²) >= 11 is 1.66. The summed E-state index contributed by atoms with van der Waals surface area (Å²) in [5, 5.41) is 6.18. The highest BCUT2D eigenvalue weighted by Gasteiger charge is 2.23. The summed E-state index contributed by atoms with van der Waals surface area (Å²) in [6.07, 6.45) is 4.67. The molecule has 1 N–H and O–H groups in total. The van der Waals surface area contributed by atoms with Crippen LogP contribution < -0.4 is 10.1 Å². The largest absolute Gasteiger partial charge is 0.497 e. The SMILES string of the molecule is COc1ccc2c(c1)CCC[C@H]2CC(=O)NCCc1nc(C)cs1. The molecular weight excluding hydrogens is 320 g/mol. The lowest BCUT2D eigenvalue weighted by Gasteiger charge is -2.25. The Bertz CT molecular complexity index is 711. The minimum absolute atomic E-state index is 0.136. The van der Waals surface area contributed by atoms with E-state index in [4.69, 9.17) is 4.74 Å². The molecule has 1 aromatic carbocycles. The molecule has 0 saturated heterocycles. The Balaban J connectivity index is 1.53. The molecule has 3 rings (SSSR count). The van der Waals surface area contributed by atoms with Crippen molar-refractivity contribution < 1.29 is 9.53 Å². The summed E-state index contributed by atoms with van der Waals surface area (Å²) in [4.78, 5) is 16.7. The molecule has 24 heavy (non-hydrogen) atoms. The van der Waals surface area contributed by atoms with Gasteiger partial charge in [0.15, 0.2) is 0 Å². The van der Waals surface area contributed by atoms with Crippen molar-refractivity contribution in [1.82, 2.24) is 10.3 Å². The highest BCUT2D eigenvalue weighted by Crippen LogP contribution is 2.35. The predicted molar refractivity (Wildman–Crippen MR) is 96.9 cm³/mol. The maximum atomic E-state index is 12.3. The number of amides is 1. The van der Waals surface area contributed by atoms with Crippen molar-refractivity contribution in [2.24, 2.45) is 0 Å². The fourth-order valence-corrected chi connectivity index (χ4v) is 4.13. The summed E-state index contributed by atoms with van der Waals surface area (Å²) in [7, 11) is 1.69. The van der Waals surface area contributed by atoms with Gasteiger partial charge < -0.3 is 10.1 Å². The summed E-state index contributed by atoms with van der Waals surface area (Å²) in [6, 6.07) is 6.24. The predicted octanol–water partition coefficient (Wildman–Crippen LogP) is 3.63. The van der Waals surface area contributed by atoms with E-state index in [-0.39, 0.29) is 5.91 Å². The number of nitrogens with zero attached hydrogens (tertiary/aromatic N) is 1. The molecule has 4 nitrogen and oxygen atoms in total. The molecule has 0 fully saturated rings. The van der Waals surface area contributed by atoms with E-state index >= 15 is 0 Å². The van der Waals surface area contributed by atoms with Gasteiger partial charge in [0.25, 0.3) is 0 Å². The zero-order valence-corrected chi connectivity index (χ0v) is 15.1. The lowest BCUT2D eigenvalue weighted by molar-refractivity contribution is -0.121. The molecule has 0 bridgehead atoms. The van der Waals surface area contributed by atoms with Crippen LogP contribution in [-0.2, 0) is 17.6 Å². The Hall–Kier alpha value is -1.88. The molecule has 1 amide bonds. The number of aromatic nitrogens is 1. The highest BCUT2D eigenvalue weighted by molar-refractivity contribution is 7.09. The summed E-state index contributed by atoms with van der Waals surface area (Å²) in [6.45, 7) is 2.65. The van der Waals surface area contributed by atoms with Gasteiger partial charge in [-0.1, -0.05) is 6.07 Å². The van der Waals surface area contributed by atoms with E-state index in [1.807, 2.05) is 18.4 Å². The maximum Gasteiger partial charge on any atom is 0.220 e. The molecule has 0 saturated carbocycles. The third-order valence-electron chi connectivity index (χ3n) is 4.55. The van der Waals surface area contributed by atoms with E-state index in [0.29, 0.717) is 18.9 Å². The van der Waals surface area contributed by atoms with Gasteiger partial charge in [-0.3, -0.25) is 4.79 Å². The van der Waals surface area contributed by atoms with Gasteiger partial charge in [-0.05, 0) is 55.4 Å². The Morgan fingerprint density at radius 3 is 3.08 bits per heavy atom. The Morgan fingerprint density at radius 2 is 2.33 bits per heavy atom. The number of fused-ring (bicyclic) bond motifs is 1. The molecule has 2 aromatic rings. The molecule has 1 aromatic heterocycles. The van der Waals surface area contributed by atoms with Crippen molar-refractivity contribution >= 4 is 17.2 Å². The van der Waals surface area contributed by atoms with Crippen LogP contribution in [0.25, 0.3) is 0 Å². The van der Waals surface area contributed by atoms with E-state index in [9.17, 15) is 4.79 Å². The normalized spacial score (nSPS) is 16.5. The van der Waals surface area contributed by atoms with Gasteiger partial charge in [-0.25, -0.2) is 4.98 Å². The molecule has 1 heterocycles. The monoisotopic (exact) mass is 344 g/mol. The quantitative estimate of drug-likeness (QED) is 0.870. The van der Waals surface area contributed by atoms with Gasteiger partial charge >= 0.3 is 0 Å². The first-order valence-electron chi connectivity index (χ1n) is 8.50. The fourth-order valence-electron chi connectivity index (χ4n) is 3.35. The second kappa shape index (κ2) is 7.79. The number of benzene rings is 1. The van der Waals surface area contributed by atoms with Gasteiger partial charge in [0, 0.05) is 30.5 Å². The lowest BCUT2D eigenvalue weighted by Crippen LogP contribution is -2.28. The zero-order valence-electron chi connectivity index (χ0n) is 14.3. The molecule has 0 radical (unpaired) electrons. The van der Waals surface area contributed by atoms with Crippen LogP contribution in [0.15, 0.2) is 23.6 Å². The lowest BCUT2D eigenvalue weighted by atomic mass is 9.81. The van der Waals surface area contributed by atoms with Crippen LogP contribution in [0.3, 0.4) is 0 Å². The summed E-state index contributed by atoms with van der Waals surface area (Å²) < 4.78 is 5.31. The molecule has 0 spiro atoms. The molecule has 1 aliphatic rings. The number of methoxy groups -OCH3 is 1. The zero-order chi connectivity index (χ0) is 16.9. The van der Waals surface area contributed by atoms with Crippen molar-refractivity contribution in [3.8, 4) is 5.75 Å². The molecule has 1 aliphatic carbocycles. The summed E-state index contributed by atoms with van der Waals surface area (Å²) in [5.74, 6) is 1.36.